The molecule has 0 aliphatic rings. The van der Waals surface area contributed by atoms with E-state index >= 15 is 0 Å². The summed E-state index contributed by atoms with van der Waals surface area (Å²) in [4.78, 5) is 12.5. The largest absolute Gasteiger partial charge is 0.493 e. The summed E-state index contributed by atoms with van der Waals surface area (Å²) in [5, 5.41) is 17.6. The number of hydrogen-bond donors (Lipinski definition) is 1. The summed E-state index contributed by atoms with van der Waals surface area (Å²) in [7, 11) is 0. The second-order valence-electron chi connectivity index (χ2n) is 6.27. The van der Waals surface area contributed by atoms with Crippen LogP contribution in [-0.2, 0) is 6.18 Å². The van der Waals surface area contributed by atoms with Crippen molar-refractivity contribution in [2.45, 2.75) is 19.0 Å². The Morgan fingerprint density at radius 1 is 1.19 bits per heavy atom. The van der Waals surface area contributed by atoms with E-state index in [4.69, 9.17) is 10.00 Å². The number of alkyl halides is 3. The van der Waals surface area contributed by atoms with E-state index in [2.05, 4.69) is 15.6 Å². The average Bonchev–Trinajstić information content (AvgIpc) is 3.18. The van der Waals surface area contributed by atoms with Gasteiger partial charge in [-0.15, -0.1) is 5.10 Å². The zero-order valence-electron chi connectivity index (χ0n) is 15.9. The van der Waals surface area contributed by atoms with Crippen LogP contribution in [0.5, 0.6) is 5.75 Å². The minimum atomic E-state index is -4.98. The Hall–Kier alpha value is -3.94. The fourth-order valence-electron chi connectivity index (χ4n) is 2.67. The lowest BCUT2D eigenvalue weighted by molar-refractivity contribution is -0.143. The molecule has 0 unspecified atom stereocenters. The number of carbonyl (C=O) groups is 1. The Morgan fingerprint density at radius 2 is 1.97 bits per heavy atom. The first kappa shape index (κ1) is 21.8. The molecule has 0 aliphatic carbocycles. The van der Waals surface area contributed by atoms with Gasteiger partial charge in [-0.25, -0.2) is 9.07 Å². The number of anilines is 1. The number of halogens is 4. The third-order valence-electron chi connectivity index (χ3n) is 4.00. The minimum absolute atomic E-state index is 0.177. The topological polar surface area (TPSA) is 92.8 Å². The number of ether oxygens (including phenoxy) is 1. The highest BCUT2D eigenvalue weighted by Crippen LogP contribution is 2.33. The van der Waals surface area contributed by atoms with Gasteiger partial charge < -0.3 is 10.1 Å². The van der Waals surface area contributed by atoms with Crippen LogP contribution in [0, 0.1) is 17.1 Å². The number of carbonyl (C=O) groups excluding carboxylic acids is 1. The third kappa shape index (κ3) is 5.36. The van der Waals surface area contributed by atoms with E-state index in [1.54, 1.807) is 12.1 Å². The van der Waals surface area contributed by atoms with Crippen molar-refractivity contribution in [2.24, 2.45) is 0 Å². The first-order valence-electron chi connectivity index (χ1n) is 8.99. The van der Waals surface area contributed by atoms with Crippen molar-refractivity contribution in [3.63, 3.8) is 0 Å². The van der Waals surface area contributed by atoms with Crippen LogP contribution < -0.4 is 10.1 Å². The Labute approximate surface area is 173 Å². The molecule has 7 nitrogen and oxygen atoms in total. The summed E-state index contributed by atoms with van der Waals surface area (Å²) in [6.07, 6.45) is -4.16. The maximum Gasteiger partial charge on any atom is 0.435 e. The SMILES string of the molecule is N#CCCCOc1cccc(NC(=O)c2nnn(-c3cccc(F)c3)c2C(F)(F)F)c1. The number of hydrogen-bond acceptors (Lipinski definition) is 5. The lowest BCUT2D eigenvalue weighted by atomic mass is 10.2. The Morgan fingerprint density at radius 3 is 2.68 bits per heavy atom. The molecule has 3 rings (SSSR count). The van der Waals surface area contributed by atoms with E-state index in [-0.39, 0.29) is 18.0 Å². The molecule has 160 valence electrons. The van der Waals surface area contributed by atoms with E-state index in [0.717, 1.165) is 12.1 Å². The molecular weight excluding hydrogens is 418 g/mol. The highest BCUT2D eigenvalue weighted by molar-refractivity contribution is 6.03. The highest BCUT2D eigenvalue weighted by Gasteiger charge is 2.42. The first-order valence-corrected chi connectivity index (χ1v) is 8.99. The number of unbranched alkanes of at least 4 members (excludes halogenated alkanes) is 1. The van der Waals surface area contributed by atoms with Crippen LogP contribution in [0.2, 0.25) is 0 Å². The molecule has 31 heavy (non-hydrogen) atoms. The minimum Gasteiger partial charge on any atom is -0.493 e. The fraction of sp³-hybridized carbons (Fsp3) is 0.200. The van der Waals surface area contributed by atoms with Crippen molar-refractivity contribution >= 4 is 11.6 Å². The van der Waals surface area contributed by atoms with Gasteiger partial charge in [0.05, 0.1) is 18.4 Å². The number of nitrogens with one attached hydrogen (secondary N) is 1. The van der Waals surface area contributed by atoms with Crippen molar-refractivity contribution in [1.29, 1.82) is 5.26 Å². The van der Waals surface area contributed by atoms with Crippen LogP contribution in [0.3, 0.4) is 0 Å². The maximum atomic E-state index is 13.7. The first-order chi connectivity index (χ1) is 14.8. The molecule has 0 aliphatic heterocycles. The predicted molar refractivity (Wildman–Crippen MR) is 101 cm³/mol. The molecule has 11 heteroatoms. The summed E-state index contributed by atoms with van der Waals surface area (Å²) in [6, 6.07) is 12.4. The van der Waals surface area contributed by atoms with Crippen LogP contribution in [0.25, 0.3) is 5.69 Å². The number of rotatable bonds is 7. The highest BCUT2D eigenvalue weighted by atomic mass is 19.4. The zero-order chi connectivity index (χ0) is 22.4. The Bertz CT molecular complexity index is 1120. The van der Waals surface area contributed by atoms with E-state index in [0.29, 0.717) is 23.3 Å². The van der Waals surface area contributed by atoms with E-state index in [1.165, 1.54) is 24.3 Å². The lowest BCUT2D eigenvalue weighted by Gasteiger charge is -2.12. The molecule has 0 fully saturated rings. The normalized spacial score (nSPS) is 11.1. The molecule has 1 aromatic heterocycles. The van der Waals surface area contributed by atoms with Gasteiger partial charge in [0.1, 0.15) is 11.6 Å². The Balaban J connectivity index is 1.85. The molecule has 0 saturated carbocycles. The van der Waals surface area contributed by atoms with Crippen molar-refractivity contribution < 1.29 is 27.1 Å². The molecule has 0 bridgehead atoms. The number of benzene rings is 2. The summed E-state index contributed by atoms with van der Waals surface area (Å²) in [5.41, 5.74) is -2.44. The van der Waals surface area contributed by atoms with Gasteiger partial charge >= 0.3 is 6.18 Å². The quantitative estimate of drug-likeness (QED) is 0.442. The second-order valence-corrected chi connectivity index (χ2v) is 6.27. The van der Waals surface area contributed by atoms with E-state index in [9.17, 15) is 22.4 Å². The van der Waals surface area contributed by atoms with Gasteiger partial charge in [0.25, 0.3) is 5.91 Å². The van der Waals surface area contributed by atoms with Gasteiger partial charge in [-0.2, -0.15) is 18.4 Å². The monoisotopic (exact) mass is 433 g/mol. The van der Waals surface area contributed by atoms with Crippen LogP contribution in [-0.4, -0.2) is 27.5 Å². The smallest absolute Gasteiger partial charge is 0.435 e. The van der Waals surface area contributed by atoms with Crippen molar-refractivity contribution in [3.8, 4) is 17.5 Å². The van der Waals surface area contributed by atoms with Crippen molar-refractivity contribution in [1.82, 2.24) is 15.0 Å². The number of amides is 1. The van der Waals surface area contributed by atoms with Gasteiger partial charge in [0.15, 0.2) is 11.4 Å². The zero-order valence-corrected chi connectivity index (χ0v) is 15.9. The summed E-state index contributed by atoms with van der Waals surface area (Å²) >= 11 is 0. The molecule has 0 saturated heterocycles. The summed E-state index contributed by atoms with van der Waals surface area (Å²) < 4.78 is 60.3. The van der Waals surface area contributed by atoms with Gasteiger partial charge in [0.2, 0.25) is 0 Å². The van der Waals surface area contributed by atoms with Gasteiger partial charge in [0, 0.05) is 18.2 Å². The lowest BCUT2D eigenvalue weighted by Crippen LogP contribution is -2.21. The maximum absolute atomic E-state index is 13.7. The standard InChI is InChI=1S/C20H15F4N5O2/c21-13-5-3-7-15(11-13)29-18(20(22,23)24)17(27-28-29)19(30)26-14-6-4-8-16(12-14)31-10-2-1-9-25/h3-8,11-12H,1-2,10H2,(H,26,30). The van der Waals surface area contributed by atoms with E-state index < -0.39 is 29.3 Å². The molecule has 0 atom stereocenters. The molecule has 0 radical (unpaired) electrons. The molecular formula is C20H15F4N5O2. The third-order valence-corrected chi connectivity index (χ3v) is 4.00. The Kier molecular flexibility index (Phi) is 6.49. The fourth-order valence-corrected chi connectivity index (χ4v) is 2.67. The van der Waals surface area contributed by atoms with Crippen LogP contribution >= 0.6 is 0 Å². The van der Waals surface area contributed by atoms with E-state index in [1.807, 2.05) is 6.07 Å². The van der Waals surface area contributed by atoms with Crippen molar-refractivity contribution in [3.05, 3.63) is 65.7 Å². The molecule has 0 spiro atoms. The second kappa shape index (κ2) is 9.25. The summed E-state index contributed by atoms with van der Waals surface area (Å²) in [6.45, 7) is 0.269. The van der Waals surface area contributed by atoms with Crippen LogP contribution in [0.1, 0.15) is 29.0 Å². The average molecular weight is 433 g/mol. The molecule has 1 amide bonds. The number of nitriles is 1. The number of nitrogens with zero attached hydrogens (tertiary/aromatic N) is 4. The predicted octanol–water partition coefficient (Wildman–Crippen LogP) is 4.36. The molecule has 3 aromatic rings. The van der Waals surface area contributed by atoms with Crippen molar-refractivity contribution in [2.75, 3.05) is 11.9 Å². The van der Waals surface area contributed by atoms with Crippen LogP contribution in [0.15, 0.2) is 48.5 Å². The summed E-state index contributed by atoms with van der Waals surface area (Å²) in [5.74, 6) is -1.54. The van der Waals surface area contributed by atoms with Crippen LogP contribution in [0.4, 0.5) is 23.2 Å². The van der Waals surface area contributed by atoms with Gasteiger partial charge in [-0.3, -0.25) is 4.79 Å². The molecule has 2 aromatic carbocycles. The molecule has 1 N–H and O–H groups in total. The van der Waals surface area contributed by atoms with Gasteiger partial charge in [-0.1, -0.05) is 17.3 Å². The van der Waals surface area contributed by atoms with Gasteiger partial charge in [-0.05, 0) is 36.8 Å². The molecule has 1 heterocycles. The number of aromatic nitrogens is 3.